The predicted octanol–water partition coefficient (Wildman–Crippen LogP) is 1.58. The SMILES string of the molecule is C1=c2nc3nc4c(nc3nc2=CCC1)Nc1ccccc1N4. The van der Waals surface area contributed by atoms with Crippen molar-refractivity contribution in [3.05, 3.63) is 35.0 Å². The van der Waals surface area contributed by atoms with Crippen molar-refractivity contribution in [1.82, 2.24) is 19.9 Å². The molecule has 1 aliphatic heterocycles. The Hall–Kier alpha value is -3.02. The zero-order valence-corrected chi connectivity index (χ0v) is 11.7. The molecule has 6 heteroatoms. The number of anilines is 4. The standard InChI is InChI=1S/C16H12N6/c1-2-6-10-9(5-1)17-13-14(18-10)22-16-15(21-13)19-11-7-3-4-8-12(11)20-16/h1-2,5-8H,3-4H2,(H,17,19,21)(H,18,20,22). The van der Waals surface area contributed by atoms with Crippen LogP contribution < -0.4 is 21.3 Å². The highest BCUT2D eigenvalue weighted by atomic mass is 15.2. The summed E-state index contributed by atoms with van der Waals surface area (Å²) in [5, 5.41) is 8.38. The smallest absolute Gasteiger partial charge is 0.200 e. The van der Waals surface area contributed by atoms with Gasteiger partial charge in [-0.05, 0) is 25.0 Å². The second kappa shape index (κ2) is 4.24. The van der Waals surface area contributed by atoms with Gasteiger partial charge in [-0.25, -0.2) is 19.9 Å². The fourth-order valence-electron chi connectivity index (χ4n) is 2.78. The Morgan fingerprint density at radius 3 is 1.68 bits per heavy atom. The van der Waals surface area contributed by atoms with Crippen LogP contribution in [0.4, 0.5) is 23.0 Å². The first-order chi connectivity index (χ1) is 10.9. The molecule has 22 heavy (non-hydrogen) atoms. The van der Waals surface area contributed by atoms with Gasteiger partial charge in [0.05, 0.1) is 22.1 Å². The number of nitrogens with one attached hydrogen (secondary N) is 2. The van der Waals surface area contributed by atoms with Gasteiger partial charge in [-0.1, -0.05) is 24.3 Å². The second-order valence-electron chi connectivity index (χ2n) is 5.34. The molecule has 0 fully saturated rings. The van der Waals surface area contributed by atoms with Gasteiger partial charge >= 0.3 is 0 Å². The van der Waals surface area contributed by atoms with E-state index >= 15 is 0 Å². The van der Waals surface area contributed by atoms with Crippen LogP contribution in [0.1, 0.15) is 12.8 Å². The van der Waals surface area contributed by atoms with Crippen molar-refractivity contribution in [2.24, 2.45) is 0 Å². The molecule has 3 heterocycles. The van der Waals surface area contributed by atoms with Crippen LogP contribution >= 0.6 is 0 Å². The van der Waals surface area contributed by atoms with Gasteiger partial charge in [0.2, 0.25) is 11.3 Å². The number of rotatable bonds is 0. The van der Waals surface area contributed by atoms with Crippen molar-refractivity contribution in [2.75, 3.05) is 10.6 Å². The van der Waals surface area contributed by atoms with E-state index in [0.717, 1.165) is 34.9 Å². The Labute approximate surface area is 125 Å². The number of hydrogen-bond donors (Lipinski definition) is 2. The monoisotopic (exact) mass is 288 g/mol. The average molecular weight is 288 g/mol. The van der Waals surface area contributed by atoms with Crippen LogP contribution in [0.5, 0.6) is 0 Å². The maximum absolute atomic E-state index is 4.59. The van der Waals surface area contributed by atoms with Gasteiger partial charge in [-0.3, -0.25) is 0 Å². The normalized spacial score (nSPS) is 14.5. The fourth-order valence-corrected chi connectivity index (χ4v) is 2.78. The summed E-state index contributed by atoms with van der Waals surface area (Å²) in [5.41, 5.74) is 3.10. The van der Waals surface area contributed by atoms with Gasteiger partial charge in [-0.15, -0.1) is 0 Å². The Bertz CT molecular complexity index is 957. The Kier molecular flexibility index (Phi) is 2.24. The molecule has 5 rings (SSSR count). The first-order valence-corrected chi connectivity index (χ1v) is 7.26. The molecular formula is C16H12N6. The van der Waals surface area contributed by atoms with E-state index in [-0.39, 0.29) is 0 Å². The van der Waals surface area contributed by atoms with Crippen LogP contribution in [0.25, 0.3) is 23.4 Å². The summed E-state index contributed by atoms with van der Waals surface area (Å²) >= 11 is 0. The van der Waals surface area contributed by atoms with Crippen LogP contribution in [0.15, 0.2) is 24.3 Å². The molecule has 106 valence electrons. The zero-order chi connectivity index (χ0) is 14.5. The van der Waals surface area contributed by atoms with Crippen molar-refractivity contribution in [3.8, 4) is 0 Å². The maximum atomic E-state index is 4.59. The summed E-state index contributed by atoms with van der Waals surface area (Å²) in [6.45, 7) is 0. The van der Waals surface area contributed by atoms with Crippen LogP contribution in [-0.4, -0.2) is 19.9 Å². The Morgan fingerprint density at radius 1 is 0.682 bits per heavy atom. The highest BCUT2D eigenvalue weighted by molar-refractivity contribution is 5.89. The molecule has 0 atom stereocenters. The van der Waals surface area contributed by atoms with E-state index in [4.69, 9.17) is 0 Å². The molecule has 0 amide bonds. The third-order valence-corrected chi connectivity index (χ3v) is 3.85. The number of aromatic nitrogens is 4. The van der Waals surface area contributed by atoms with E-state index in [1.54, 1.807) is 0 Å². The fraction of sp³-hybridized carbons (Fsp3) is 0.125. The number of hydrogen-bond acceptors (Lipinski definition) is 6. The lowest BCUT2D eigenvalue weighted by Crippen LogP contribution is -2.33. The van der Waals surface area contributed by atoms with E-state index in [1.165, 1.54) is 0 Å². The molecule has 0 spiro atoms. The summed E-state index contributed by atoms with van der Waals surface area (Å²) < 4.78 is 0. The van der Waals surface area contributed by atoms with Crippen LogP contribution in [0.2, 0.25) is 0 Å². The molecule has 0 saturated carbocycles. The molecule has 2 aromatic heterocycles. The third-order valence-electron chi connectivity index (χ3n) is 3.85. The summed E-state index contributed by atoms with van der Waals surface area (Å²) in [6.07, 6.45) is 6.20. The topological polar surface area (TPSA) is 75.6 Å². The Balaban J connectivity index is 1.75. The van der Waals surface area contributed by atoms with Crippen LogP contribution in [0.3, 0.4) is 0 Å². The molecule has 0 unspecified atom stereocenters. The van der Waals surface area contributed by atoms with Crippen molar-refractivity contribution < 1.29 is 0 Å². The molecule has 6 nitrogen and oxygen atoms in total. The lowest BCUT2D eigenvalue weighted by Gasteiger charge is -2.20. The molecule has 0 bridgehead atoms. The minimum Gasteiger partial charge on any atom is -0.335 e. The molecule has 0 saturated heterocycles. The number of fused-ring (bicyclic) bond motifs is 4. The minimum atomic E-state index is 0.567. The zero-order valence-electron chi connectivity index (χ0n) is 11.7. The molecule has 1 aromatic carbocycles. The largest absolute Gasteiger partial charge is 0.335 e. The van der Waals surface area contributed by atoms with E-state index in [0.29, 0.717) is 22.9 Å². The highest BCUT2D eigenvalue weighted by Crippen LogP contribution is 2.35. The van der Waals surface area contributed by atoms with E-state index in [2.05, 4.69) is 42.7 Å². The lowest BCUT2D eigenvalue weighted by atomic mass is 10.2. The van der Waals surface area contributed by atoms with Crippen molar-refractivity contribution in [1.29, 1.82) is 0 Å². The first kappa shape index (κ1) is 11.6. The van der Waals surface area contributed by atoms with Gasteiger partial charge in [0, 0.05) is 0 Å². The van der Waals surface area contributed by atoms with Gasteiger partial charge in [-0.2, -0.15) is 0 Å². The van der Waals surface area contributed by atoms with Gasteiger partial charge in [0.15, 0.2) is 11.6 Å². The van der Waals surface area contributed by atoms with Gasteiger partial charge < -0.3 is 10.6 Å². The van der Waals surface area contributed by atoms with E-state index in [1.807, 2.05) is 24.3 Å². The van der Waals surface area contributed by atoms with Gasteiger partial charge in [0.1, 0.15) is 0 Å². The van der Waals surface area contributed by atoms with Crippen LogP contribution in [-0.2, 0) is 0 Å². The molecular weight excluding hydrogens is 276 g/mol. The second-order valence-corrected chi connectivity index (χ2v) is 5.34. The van der Waals surface area contributed by atoms with E-state index < -0.39 is 0 Å². The lowest BCUT2D eigenvalue weighted by molar-refractivity contribution is 1.03. The minimum absolute atomic E-state index is 0.567. The quantitative estimate of drug-likeness (QED) is 0.511. The highest BCUT2D eigenvalue weighted by Gasteiger charge is 2.18. The summed E-state index contributed by atoms with van der Waals surface area (Å²) in [5.74, 6) is 1.36. The molecule has 2 N–H and O–H groups in total. The summed E-state index contributed by atoms with van der Waals surface area (Å²) in [6, 6.07) is 7.96. The number of nitrogens with zero attached hydrogens (tertiary/aromatic N) is 4. The summed E-state index contributed by atoms with van der Waals surface area (Å²) in [4.78, 5) is 18.3. The number of para-hydroxylation sites is 2. The number of benzene rings is 1. The molecule has 3 aromatic rings. The Morgan fingerprint density at radius 2 is 1.18 bits per heavy atom. The summed E-state index contributed by atoms with van der Waals surface area (Å²) in [7, 11) is 0. The predicted molar refractivity (Wildman–Crippen MR) is 85.5 cm³/mol. The van der Waals surface area contributed by atoms with Gasteiger partial charge in [0.25, 0.3) is 0 Å². The average Bonchev–Trinajstić information content (AvgIpc) is 2.56. The first-order valence-electron chi connectivity index (χ1n) is 7.26. The molecule has 1 aliphatic carbocycles. The molecule has 2 aliphatic rings. The van der Waals surface area contributed by atoms with Crippen molar-refractivity contribution >= 4 is 46.5 Å². The van der Waals surface area contributed by atoms with Crippen molar-refractivity contribution in [2.45, 2.75) is 12.8 Å². The van der Waals surface area contributed by atoms with Crippen molar-refractivity contribution in [3.63, 3.8) is 0 Å². The molecule has 0 radical (unpaired) electrons. The van der Waals surface area contributed by atoms with Crippen LogP contribution in [0, 0.1) is 0 Å². The van der Waals surface area contributed by atoms with E-state index in [9.17, 15) is 0 Å². The maximum Gasteiger partial charge on any atom is 0.200 e. The third kappa shape index (κ3) is 1.67.